The zero-order valence-corrected chi connectivity index (χ0v) is 18.7. The Balaban J connectivity index is 1.63. The number of carbonyl (C=O) groups excluding carboxylic acids is 2. The molecule has 2 atom stereocenters. The Morgan fingerprint density at radius 1 is 1.34 bits per heavy atom. The van der Waals surface area contributed by atoms with Crippen LogP contribution in [0.25, 0.3) is 0 Å². The molecule has 1 saturated heterocycles. The summed E-state index contributed by atoms with van der Waals surface area (Å²) in [6.07, 6.45) is 0.397. The molecule has 0 radical (unpaired) electrons. The van der Waals surface area contributed by atoms with Gasteiger partial charge in [0.15, 0.2) is 6.61 Å². The molecule has 1 aliphatic rings. The number of nitrogen functional groups attached to an aromatic ring is 1. The van der Waals surface area contributed by atoms with Gasteiger partial charge in [0.25, 0.3) is 5.91 Å². The number of ether oxygens (including phenoxy) is 2. The van der Waals surface area contributed by atoms with E-state index in [-0.39, 0.29) is 41.9 Å². The number of rotatable bonds is 5. The van der Waals surface area contributed by atoms with Crippen molar-refractivity contribution >= 4 is 29.6 Å². The predicted molar refractivity (Wildman–Crippen MR) is 112 cm³/mol. The minimum atomic E-state index is -0.715. The van der Waals surface area contributed by atoms with Crippen molar-refractivity contribution in [1.82, 2.24) is 20.4 Å². The molecule has 3 N–H and O–H groups in total. The number of nitrogens with zero attached hydrogens (tertiary/aromatic N) is 3. The third kappa shape index (κ3) is 6.22. The average Bonchev–Trinajstić information content (AvgIpc) is 3.13. The SMILES string of the molecule is CC(C)(C)OC(=O)N1C[C@@H](NC(=O)COc2ccc(Cl)c(F)c2)CC[C@@H]1c1nnc(N)o1. The maximum absolute atomic E-state index is 13.5. The van der Waals surface area contributed by atoms with Crippen LogP contribution >= 0.6 is 11.6 Å². The van der Waals surface area contributed by atoms with Gasteiger partial charge in [0.1, 0.15) is 23.2 Å². The first kappa shape index (κ1) is 23.6. The summed E-state index contributed by atoms with van der Waals surface area (Å²) >= 11 is 5.63. The highest BCUT2D eigenvalue weighted by Crippen LogP contribution is 2.32. The Labute approximate surface area is 189 Å². The molecule has 2 amide bonds. The molecule has 10 nitrogen and oxygen atoms in total. The summed E-state index contributed by atoms with van der Waals surface area (Å²) in [5.41, 5.74) is 4.81. The Morgan fingerprint density at radius 3 is 2.72 bits per heavy atom. The van der Waals surface area contributed by atoms with E-state index < -0.39 is 29.5 Å². The highest BCUT2D eigenvalue weighted by atomic mass is 35.5. The number of benzene rings is 1. The second-order valence-electron chi connectivity index (χ2n) is 8.33. The standard InChI is InChI=1S/C20H25ClFN5O5/c1-20(2,3)32-19(29)27-9-11(4-7-15(27)17-25-26-18(23)31-17)24-16(28)10-30-12-5-6-13(21)14(22)8-12/h5-6,8,11,15H,4,7,9-10H2,1-3H3,(H2,23,26)(H,24,28)/t11-,15+/m0/s1. The molecule has 0 spiro atoms. The number of amides is 2. The minimum absolute atomic E-state index is 0.0381. The van der Waals surface area contributed by atoms with Crippen LogP contribution in [0.15, 0.2) is 22.6 Å². The lowest BCUT2D eigenvalue weighted by Gasteiger charge is -2.38. The number of hydrogen-bond acceptors (Lipinski definition) is 8. The molecule has 32 heavy (non-hydrogen) atoms. The third-order valence-electron chi connectivity index (χ3n) is 4.58. The zero-order valence-electron chi connectivity index (χ0n) is 17.9. The molecule has 1 fully saturated rings. The van der Waals surface area contributed by atoms with Crippen LogP contribution in [-0.2, 0) is 9.53 Å². The molecule has 0 saturated carbocycles. The summed E-state index contributed by atoms with van der Waals surface area (Å²) in [5, 5.41) is 10.3. The minimum Gasteiger partial charge on any atom is -0.484 e. The largest absolute Gasteiger partial charge is 0.484 e. The summed E-state index contributed by atoms with van der Waals surface area (Å²) in [6.45, 7) is 5.09. The van der Waals surface area contributed by atoms with Crippen LogP contribution in [0.1, 0.15) is 45.5 Å². The fraction of sp³-hybridized carbons (Fsp3) is 0.500. The van der Waals surface area contributed by atoms with E-state index >= 15 is 0 Å². The Bertz CT molecular complexity index is 980. The lowest BCUT2D eigenvalue weighted by Crippen LogP contribution is -2.52. The number of aromatic nitrogens is 2. The highest BCUT2D eigenvalue weighted by Gasteiger charge is 2.38. The number of nitrogens with two attached hydrogens (primary N) is 1. The maximum atomic E-state index is 13.5. The molecular weight excluding hydrogens is 445 g/mol. The van der Waals surface area contributed by atoms with E-state index in [2.05, 4.69) is 15.5 Å². The van der Waals surface area contributed by atoms with Crippen LogP contribution < -0.4 is 15.8 Å². The van der Waals surface area contributed by atoms with Gasteiger partial charge in [0.2, 0.25) is 5.89 Å². The second-order valence-corrected chi connectivity index (χ2v) is 8.74. The van der Waals surface area contributed by atoms with Crippen molar-refractivity contribution in [2.24, 2.45) is 0 Å². The number of hydrogen-bond donors (Lipinski definition) is 2. The van der Waals surface area contributed by atoms with Crippen molar-refractivity contribution in [1.29, 1.82) is 0 Å². The van der Waals surface area contributed by atoms with Gasteiger partial charge in [-0.2, -0.15) is 0 Å². The van der Waals surface area contributed by atoms with E-state index in [9.17, 15) is 14.0 Å². The Kier molecular flexibility index (Phi) is 7.07. The van der Waals surface area contributed by atoms with E-state index in [0.29, 0.717) is 12.8 Å². The molecule has 1 aromatic heterocycles. The molecule has 0 unspecified atom stereocenters. The van der Waals surface area contributed by atoms with Gasteiger partial charge < -0.3 is 24.9 Å². The number of halogens is 2. The first-order valence-electron chi connectivity index (χ1n) is 9.97. The second kappa shape index (κ2) is 9.60. The number of piperidine rings is 1. The van der Waals surface area contributed by atoms with Gasteiger partial charge in [-0.15, -0.1) is 5.10 Å². The molecule has 1 aliphatic heterocycles. The first-order valence-corrected chi connectivity index (χ1v) is 10.4. The fourth-order valence-electron chi connectivity index (χ4n) is 3.23. The molecule has 0 aliphatic carbocycles. The molecule has 2 aromatic rings. The summed E-state index contributed by atoms with van der Waals surface area (Å²) in [4.78, 5) is 26.6. The lowest BCUT2D eigenvalue weighted by atomic mass is 9.98. The lowest BCUT2D eigenvalue weighted by molar-refractivity contribution is -0.124. The Hall–Kier alpha value is -3.08. The predicted octanol–water partition coefficient (Wildman–Crippen LogP) is 3.08. The number of carbonyl (C=O) groups is 2. The molecule has 12 heteroatoms. The van der Waals surface area contributed by atoms with Gasteiger partial charge in [-0.25, -0.2) is 9.18 Å². The normalized spacial score (nSPS) is 18.8. The van der Waals surface area contributed by atoms with Crippen LogP contribution in [-0.4, -0.2) is 51.9 Å². The Morgan fingerprint density at radius 2 is 2.09 bits per heavy atom. The van der Waals surface area contributed by atoms with Gasteiger partial charge in [-0.3, -0.25) is 9.69 Å². The van der Waals surface area contributed by atoms with Crippen molar-refractivity contribution in [3.8, 4) is 5.75 Å². The molecular formula is C20H25ClFN5O5. The van der Waals surface area contributed by atoms with E-state index in [1.807, 2.05) is 0 Å². The van der Waals surface area contributed by atoms with Gasteiger partial charge in [-0.05, 0) is 45.7 Å². The van der Waals surface area contributed by atoms with E-state index in [4.69, 9.17) is 31.2 Å². The van der Waals surface area contributed by atoms with Gasteiger partial charge >= 0.3 is 12.1 Å². The van der Waals surface area contributed by atoms with Gasteiger partial charge in [0.05, 0.1) is 5.02 Å². The van der Waals surface area contributed by atoms with Crippen molar-refractivity contribution in [3.05, 3.63) is 34.9 Å². The summed E-state index contributed by atoms with van der Waals surface area (Å²) in [5.74, 6) is -0.686. The molecule has 2 heterocycles. The number of nitrogens with one attached hydrogen (secondary N) is 1. The first-order chi connectivity index (χ1) is 15.0. The molecule has 3 rings (SSSR count). The third-order valence-corrected chi connectivity index (χ3v) is 4.88. The molecule has 1 aromatic carbocycles. The van der Waals surface area contributed by atoms with Crippen molar-refractivity contribution in [2.45, 2.75) is 51.3 Å². The monoisotopic (exact) mass is 469 g/mol. The summed E-state index contributed by atoms with van der Waals surface area (Å²) in [7, 11) is 0. The van der Waals surface area contributed by atoms with Crippen molar-refractivity contribution in [3.63, 3.8) is 0 Å². The maximum Gasteiger partial charge on any atom is 0.411 e. The fourth-order valence-corrected chi connectivity index (χ4v) is 3.35. The van der Waals surface area contributed by atoms with Crippen molar-refractivity contribution in [2.75, 3.05) is 18.9 Å². The summed E-state index contributed by atoms with van der Waals surface area (Å²) < 4.78 is 29.6. The highest BCUT2D eigenvalue weighted by molar-refractivity contribution is 6.30. The van der Waals surface area contributed by atoms with Crippen molar-refractivity contribution < 1.29 is 27.9 Å². The van der Waals surface area contributed by atoms with E-state index in [1.165, 1.54) is 17.0 Å². The van der Waals surface area contributed by atoms with E-state index in [1.54, 1.807) is 20.8 Å². The van der Waals surface area contributed by atoms with Crippen LogP contribution in [0.5, 0.6) is 5.75 Å². The van der Waals surface area contributed by atoms with Crippen LogP contribution in [0, 0.1) is 5.82 Å². The topological polar surface area (TPSA) is 133 Å². The van der Waals surface area contributed by atoms with Gasteiger partial charge in [0, 0.05) is 18.7 Å². The van der Waals surface area contributed by atoms with E-state index in [0.717, 1.165) is 6.07 Å². The summed E-state index contributed by atoms with van der Waals surface area (Å²) in [6, 6.07) is 2.91. The quantitative estimate of drug-likeness (QED) is 0.682. The smallest absolute Gasteiger partial charge is 0.411 e. The van der Waals surface area contributed by atoms with Crippen LogP contribution in [0.4, 0.5) is 15.2 Å². The van der Waals surface area contributed by atoms with Crippen LogP contribution in [0.2, 0.25) is 5.02 Å². The number of anilines is 1. The average molecular weight is 470 g/mol. The van der Waals surface area contributed by atoms with Gasteiger partial charge in [-0.1, -0.05) is 16.7 Å². The number of likely N-dealkylation sites (tertiary alicyclic amines) is 1. The molecule has 0 bridgehead atoms. The van der Waals surface area contributed by atoms with Crippen LogP contribution in [0.3, 0.4) is 0 Å². The molecule has 174 valence electrons. The zero-order chi connectivity index (χ0) is 23.5.